The van der Waals surface area contributed by atoms with Crippen molar-refractivity contribution in [2.24, 2.45) is 0 Å². The van der Waals surface area contributed by atoms with Gasteiger partial charge in [-0.25, -0.2) is 14.3 Å². The minimum absolute atomic E-state index is 0.0747. The number of aryl methyl sites for hydroxylation is 1. The minimum Gasteiger partial charge on any atom is -0.392 e. The van der Waals surface area contributed by atoms with Crippen molar-refractivity contribution in [3.05, 3.63) is 70.1 Å². The molecule has 4 aromatic rings. The first-order chi connectivity index (χ1) is 17.0. The fourth-order valence-corrected chi connectivity index (χ4v) is 4.69. The monoisotopic (exact) mass is 473 g/mol. The van der Waals surface area contributed by atoms with E-state index in [2.05, 4.69) is 46.2 Å². The summed E-state index contributed by atoms with van der Waals surface area (Å²) in [7, 11) is 2.16. The van der Waals surface area contributed by atoms with E-state index >= 15 is 0 Å². The molecule has 182 valence electrons. The minimum atomic E-state index is -0.143. The summed E-state index contributed by atoms with van der Waals surface area (Å²) < 4.78 is 3.43. The molecule has 2 aromatic heterocycles. The summed E-state index contributed by atoms with van der Waals surface area (Å²) in [5.41, 5.74) is 5.25. The van der Waals surface area contributed by atoms with Crippen LogP contribution in [-0.4, -0.2) is 62.6 Å². The van der Waals surface area contributed by atoms with Crippen LogP contribution in [0.1, 0.15) is 18.1 Å². The van der Waals surface area contributed by atoms with Gasteiger partial charge in [-0.1, -0.05) is 12.1 Å². The zero-order valence-electron chi connectivity index (χ0n) is 20.4. The van der Waals surface area contributed by atoms with Gasteiger partial charge in [0, 0.05) is 50.3 Å². The molecule has 35 heavy (non-hydrogen) atoms. The number of rotatable bonds is 6. The average Bonchev–Trinajstić information content (AvgIpc) is 3.15. The molecular weight excluding hydrogens is 442 g/mol. The number of hydrogen-bond acceptors (Lipinski definition) is 7. The molecule has 0 aliphatic carbocycles. The second kappa shape index (κ2) is 9.52. The highest BCUT2D eigenvalue weighted by molar-refractivity contribution is 5.77. The van der Waals surface area contributed by atoms with Gasteiger partial charge < -0.3 is 20.2 Å². The van der Waals surface area contributed by atoms with Gasteiger partial charge in [-0.05, 0) is 62.4 Å². The largest absolute Gasteiger partial charge is 0.392 e. The lowest BCUT2D eigenvalue weighted by Crippen LogP contribution is -2.44. The molecule has 0 atom stereocenters. The molecule has 0 unspecified atom stereocenters. The first-order valence-electron chi connectivity index (χ1n) is 12.0. The number of benzene rings is 2. The standard InChI is InChI=1S/C26H31N7O2/c1-4-32-25(35)22-16-27-26(29-24(22)33(32)21-7-5-6-19(15-21)17-34)28-20-8-9-23(18(2)14-20)31-12-10-30(3)11-13-31/h5-9,14-16,34H,4,10-13,17H2,1-3H3,(H,27,28,29). The molecular formula is C26H31N7O2. The van der Waals surface area contributed by atoms with Gasteiger partial charge in [0.2, 0.25) is 5.95 Å². The lowest BCUT2D eigenvalue weighted by atomic mass is 10.1. The van der Waals surface area contributed by atoms with E-state index < -0.39 is 0 Å². The van der Waals surface area contributed by atoms with Crippen LogP contribution in [0.5, 0.6) is 0 Å². The molecule has 5 rings (SSSR count). The molecule has 0 saturated carbocycles. The Balaban J connectivity index is 1.49. The fourth-order valence-electron chi connectivity index (χ4n) is 4.69. The van der Waals surface area contributed by atoms with E-state index in [1.807, 2.05) is 37.3 Å². The number of anilines is 3. The third-order valence-corrected chi connectivity index (χ3v) is 6.61. The SMILES string of the molecule is CCn1c(=O)c2cnc(Nc3ccc(N4CCN(C)CC4)c(C)c3)nc2n1-c1cccc(CO)c1. The smallest absolute Gasteiger partial charge is 0.278 e. The predicted molar refractivity (Wildman–Crippen MR) is 139 cm³/mol. The molecule has 9 nitrogen and oxygen atoms in total. The van der Waals surface area contributed by atoms with Gasteiger partial charge in [-0.15, -0.1) is 0 Å². The molecule has 0 bridgehead atoms. The highest BCUT2D eigenvalue weighted by Crippen LogP contribution is 2.26. The molecule has 1 saturated heterocycles. The van der Waals surface area contributed by atoms with E-state index in [4.69, 9.17) is 4.98 Å². The molecule has 1 fully saturated rings. The Labute approximate surface area is 204 Å². The molecule has 0 radical (unpaired) electrons. The summed E-state index contributed by atoms with van der Waals surface area (Å²) in [6.07, 6.45) is 1.58. The maximum atomic E-state index is 13.0. The highest BCUT2D eigenvalue weighted by Gasteiger charge is 2.18. The Morgan fingerprint density at radius 3 is 2.60 bits per heavy atom. The van der Waals surface area contributed by atoms with Crippen molar-refractivity contribution < 1.29 is 5.11 Å². The van der Waals surface area contributed by atoms with E-state index in [0.717, 1.165) is 43.1 Å². The van der Waals surface area contributed by atoms with Crippen LogP contribution in [0.2, 0.25) is 0 Å². The van der Waals surface area contributed by atoms with Crippen molar-refractivity contribution in [3.8, 4) is 5.69 Å². The van der Waals surface area contributed by atoms with Gasteiger partial charge >= 0.3 is 0 Å². The summed E-state index contributed by atoms with van der Waals surface area (Å²) in [4.78, 5) is 26.9. The van der Waals surface area contributed by atoms with Crippen LogP contribution in [0.25, 0.3) is 16.7 Å². The van der Waals surface area contributed by atoms with Gasteiger partial charge in [0.15, 0.2) is 5.65 Å². The van der Waals surface area contributed by atoms with E-state index in [9.17, 15) is 9.90 Å². The number of nitrogens with one attached hydrogen (secondary N) is 1. The average molecular weight is 474 g/mol. The maximum Gasteiger partial charge on any atom is 0.278 e. The molecule has 3 heterocycles. The number of hydrogen-bond donors (Lipinski definition) is 2. The topological polar surface area (TPSA) is 91.5 Å². The molecule has 0 spiro atoms. The first-order valence-corrected chi connectivity index (χ1v) is 12.0. The summed E-state index contributed by atoms with van der Waals surface area (Å²) in [6, 6.07) is 13.8. The van der Waals surface area contributed by atoms with Gasteiger partial charge in [-0.2, -0.15) is 4.98 Å². The van der Waals surface area contributed by atoms with E-state index in [0.29, 0.717) is 23.5 Å². The lowest BCUT2D eigenvalue weighted by Gasteiger charge is -2.35. The van der Waals surface area contributed by atoms with Crippen molar-refractivity contribution in [2.75, 3.05) is 43.4 Å². The van der Waals surface area contributed by atoms with Crippen LogP contribution in [0.4, 0.5) is 17.3 Å². The van der Waals surface area contributed by atoms with Gasteiger partial charge in [0.25, 0.3) is 5.56 Å². The number of piperazine rings is 1. The van der Waals surface area contributed by atoms with Crippen LogP contribution in [0.15, 0.2) is 53.5 Å². The van der Waals surface area contributed by atoms with E-state index in [1.54, 1.807) is 15.6 Å². The van der Waals surface area contributed by atoms with Crippen molar-refractivity contribution in [3.63, 3.8) is 0 Å². The zero-order chi connectivity index (χ0) is 24.5. The molecule has 1 aliphatic rings. The number of aliphatic hydroxyl groups excluding tert-OH is 1. The summed E-state index contributed by atoms with van der Waals surface area (Å²) in [5, 5.41) is 13.3. The number of aliphatic hydroxyl groups is 1. The highest BCUT2D eigenvalue weighted by atomic mass is 16.3. The Hall–Kier alpha value is -3.69. The van der Waals surface area contributed by atoms with Crippen LogP contribution in [0, 0.1) is 6.92 Å². The third kappa shape index (κ3) is 4.40. The van der Waals surface area contributed by atoms with Crippen LogP contribution in [0.3, 0.4) is 0 Å². The van der Waals surface area contributed by atoms with Gasteiger partial charge in [0.1, 0.15) is 5.39 Å². The molecule has 0 amide bonds. The van der Waals surface area contributed by atoms with E-state index in [1.165, 1.54) is 11.3 Å². The Morgan fingerprint density at radius 1 is 1.09 bits per heavy atom. The van der Waals surface area contributed by atoms with Gasteiger partial charge in [-0.3, -0.25) is 4.79 Å². The van der Waals surface area contributed by atoms with Gasteiger partial charge in [0.05, 0.1) is 12.3 Å². The number of nitrogens with zero attached hydrogens (tertiary/aromatic N) is 6. The Kier molecular flexibility index (Phi) is 6.27. The molecule has 9 heteroatoms. The Bertz CT molecular complexity index is 1420. The molecule has 1 aliphatic heterocycles. The normalized spacial score (nSPS) is 14.6. The quantitative estimate of drug-likeness (QED) is 0.445. The van der Waals surface area contributed by atoms with E-state index in [-0.39, 0.29) is 12.2 Å². The van der Waals surface area contributed by atoms with Crippen molar-refractivity contribution >= 4 is 28.4 Å². The summed E-state index contributed by atoms with van der Waals surface area (Å²) >= 11 is 0. The van der Waals surface area contributed by atoms with Crippen molar-refractivity contribution in [2.45, 2.75) is 27.0 Å². The second-order valence-corrected chi connectivity index (χ2v) is 9.01. The third-order valence-electron chi connectivity index (χ3n) is 6.61. The first kappa shape index (κ1) is 23.1. The maximum absolute atomic E-state index is 13.0. The number of aromatic nitrogens is 4. The van der Waals surface area contributed by atoms with Crippen molar-refractivity contribution in [1.82, 2.24) is 24.2 Å². The Morgan fingerprint density at radius 2 is 1.89 bits per heavy atom. The zero-order valence-corrected chi connectivity index (χ0v) is 20.4. The number of likely N-dealkylation sites (N-methyl/N-ethyl adjacent to an activating group) is 1. The number of fused-ring (bicyclic) bond motifs is 1. The second-order valence-electron chi connectivity index (χ2n) is 9.01. The van der Waals surface area contributed by atoms with Crippen molar-refractivity contribution in [1.29, 1.82) is 0 Å². The van der Waals surface area contributed by atoms with Crippen LogP contribution in [-0.2, 0) is 13.2 Å². The lowest BCUT2D eigenvalue weighted by molar-refractivity contribution is 0.282. The molecule has 2 N–H and O–H groups in total. The molecule has 2 aromatic carbocycles. The summed E-state index contributed by atoms with van der Waals surface area (Å²) in [5.74, 6) is 0.421. The predicted octanol–water partition coefficient (Wildman–Crippen LogP) is 2.90. The van der Waals surface area contributed by atoms with Crippen LogP contribution < -0.4 is 15.8 Å². The fraction of sp³-hybridized carbons (Fsp3) is 0.346. The van der Waals surface area contributed by atoms with Crippen LogP contribution >= 0.6 is 0 Å². The summed E-state index contributed by atoms with van der Waals surface area (Å²) in [6.45, 7) is 8.62.